The topological polar surface area (TPSA) is 12.0 Å². The standard InChI is InChI=1S/C14H23NS/c1-5-13(6-2)15-11(3)12-7-9-14(16-4)10-8-12/h7-11,13,15H,5-6H2,1-4H3. The largest absolute Gasteiger partial charge is 0.307 e. The first-order chi connectivity index (χ1) is 7.71. The molecule has 0 saturated carbocycles. The van der Waals surface area contributed by atoms with Gasteiger partial charge in [-0.3, -0.25) is 0 Å². The van der Waals surface area contributed by atoms with Crippen LogP contribution in [0.3, 0.4) is 0 Å². The highest BCUT2D eigenvalue weighted by Crippen LogP contribution is 2.19. The average Bonchev–Trinajstić information content (AvgIpc) is 2.35. The lowest BCUT2D eigenvalue weighted by Crippen LogP contribution is -2.30. The van der Waals surface area contributed by atoms with Crippen molar-refractivity contribution in [2.24, 2.45) is 0 Å². The molecule has 1 N–H and O–H groups in total. The molecule has 16 heavy (non-hydrogen) atoms. The zero-order chi connectivity index (χ0) is 12.0. The van der Waals surface area contributed by atoms with Crippen LogP contribution in [0.1, 0.15) is 45.2 Å². The van der Waals surface area contributed by atoms with Crippen LogP contribution in [-0.4, -0.2) is 12.3 Å². The highest BCUT2D eigenvalue weighted by molar-refractivity contribution is 7.98. The monoisotopic (exact) mass is 237 g/mol. The minimum atomic E-state index is 0.445. The van der Waals surface area contributed by atoms with E-state index in [1.54, 1.807) is 11.8 Å². The molecule has 0 amide bonds. The van der Waals surface area contributed by atoms with E-state index < -0.39 is 0 Å². The number of hydrogen-bond acceptors (Lipinski definition) is 2. The molecule has 1 aromatic carbocycles. The smallest absolute Gasteiger partial charge is 0.0294 e. The number of thioether (sulfide) groups is 1. The predicted molar refractivity (Wildman–Crippen MR) is 74.1 cm³/mol. The van der Waals surface area contributed by atoms with Gasteiger partial charge in [-0.25, -0.2) is 0 Å². The molecule has 0 aliphatic heterocycles. The van der Waals surface area contributed by atoms with Crippen molar-refractivity contribution in [1.29, 1.82) is 0 Å². The Morgan fingerprint density at radius 2 is 1.69 bits per heavy atom. The molecule has 0 heterocycles. The van der Waals surface area contributed by atoms with Crippen LogP contribution in [0.4, 0.5) is 0 Å². The zero-order valence-electron chi connectivity index (χ0n) is 10.8. The maximum Gasteiger partial charge on any atom is 0.0294 e. The third-order valence-corrected chi connectivity index (χ3v) is 3.83. The van der Waals surface area contributed by atoms with E-state index in [4.69, 9.17) is 0 Å². The van der Waals surface area contributed by atoms with Gasteiger partial charge in [0.15, 0.2) is 0 Å². The summed E-state index contributed by atoms with van der Waals surface area (Å²) >= 11 is 1.79. The van der Waals surface area contributed by atoms with Crippen molar-refractivity contribution in [2.75, 3.05) is 6.26 Å². The van der Waals surface area contributed by atoms with Crippen LogP contribution >= 0.6 is 11.8 Å². The normalized spacial score (nSPS) is 13.1. The van der Waals surface area contributed by atoms with Crippen LogP contribution in [0, 0.1) is 0 Å². The Morgan fingerprint density at radius 3 is 2.12 bits per heavy atom. The fourth-order valence-corrected chi connectivity index (χ4v) is 2.27. The van der Waals surface area contributed by atoms with E-state index in [0.29, 0.717) is 12.1 Å². The van der Waals surface area contributed by atoms with Crippen molar-refractivity contribution in [2.45, 2.75) is 50.6 Å². The van der Waals surface area contributed by atoms with Crippen molar-refractivity contribution in [3.63, 3.8) is 0 Å². The second-order valence-electron chi connectivity index (χ2n) is 4.17. The highest BCUT2D eigenvalue weighted by Gasteiger charge is 2.09. The van der Waals surface area contributed by atoms with E-state index in [1.165, 1.54) is 23.3 Å². The number of hydrogen-bond donors (Lipinski definition) is 1. The Kier molecular flexibility index (Phi) is 5.93. The lowest BCUT2D eigenvalue weighted by molar-refractivity contribution is 0.432. The fourth-order valence-electron chi connectivity index (χ4n) is 1.87. The number of benzene rings is 1. The van der Waals surface area contributed by atoms with Gasteiger partial charge in [-0.1, -0.05) is 26.0 Å². The molecule has 0 aliphatic carbocycles. The zero-order valence-corrected chi connectivity index (χ0v) is 11.6. The molecule has 0 bridgehead atoms. The lowest BCUT2D eigenvalue weighted by Gasteiger charge is -2.21. The SMILES string of the molecule is CCC(CC)NC(C)c1ccc(SC)cc1. The minimum absolute atomic E-state index is 0.445. The Morgan fingerprint density at radius 1 is 1.12 bits per heavy atom. The van der Waals surface area contributed by atoms with Crippen LogP contribution in [0.2, 0.25) is 0 Å². The first kappa shape index (κ1) is 13.6. The molecule has 0 aliphatic rings. The molecule has 1 atom stereocenters. The summed E-state index contributed by atoms with van der Waals surface area (Å²) < 4.78 is 0. The van der Waals surface area contributed by atoms with Crippen LogP contribution in [0.15, 0.2) is 29.2 Å². The van der Waals surface area contributed by atoms with Crippen molar-refractivity contribution < 1.29 is 0 Å². The van der Waals surface area contributed by atoms with E-state index in [-0.39, 0.29) is 0 Å². The van der Waals surface area contributed by atoms with Crippen molar-refractivity contribution >= 4 is 11.8 Å². The predicted octanol–water partition coefficient (Wildman–Crippen LogP) is 4.25. The summed E-state index contributed by atoms with van der Waals surface area (Å²) in [5.74, 6) is 0. The first-order valence-electron chi connectivity index (χ1n) is 6.11. The molecule has 90 valence electrons. The molecule has 0 aromatic heterocycles. The van der Waals surface area contributed by atoms with E-state index in [0.717, 1.165) is 0 Å². The Hall–Kier alpha value is -0.470. The molecule has 0 radical (unpaired) electrons. The fraction of sp³-hybridized carbons (Fsp3) is 0.571. The summed E-state index contributed by atoms with van der Waals surface area (Å²) in [5.41, 5.74) is 1.38. The summed E-state index contributed by atoms with van der Waals surface area (Å²) in [6.45, 7) is 6.72. The van der Waals surface area contributed by atoms with E-state index in [9.17, 15) is 0 Å². The van der Waals surface area contributed by atoms with Gasteiger partial charge in [0, 0.05) is 17.0 Å². The Labute approximate surface area is 104 Å². The van der Waals surface area contributed by atoms with E-state index in [2.05, 4.69) is 56.6 Å². The van der Waals surface area contributed by atoms with E-state index >= 15 is 0 Å². The average molecular weight is 237 g/mol. The van der Waals surface area contributed by atoms with Crippen LogP contribution in [0.5, 0.6) is 0 Å². The van der Waals surface area contributed by atoms with Gasteiger partial charge in [0.1, 0.15) is 0 Å². The molecule has 1 aromatic rings. The first-order valence-corrected chi connectivity index (χ1v) is 7.33. The van der Waals surface area contributed by atoms with E-state index in [1.807, 2.05) is 0 Å². The van der Waals surface area contributed by atoms with Gasteiger partial charge in [-0.05, 0) is 43.7 Å². The van der Waals surface area contributed by atoms with Crippen LogP contribution in [0.25, 0.3) is 0 Å². The minimum Gasteiger partial charge on any atom is -0.307 e. The van der Waals surface area contributed by atoms with Crippen molar-refractivity contribution in [3.8, 4) is 0 Å². The summed E-state index contributed by atoms with van der Waals surface area (Å²) in [5, 5.41) is 3.66. The molecule has 1 nitrogen and oxygen atoms in total. The third-order valence-electron chi connectivity index (χ3n) is 3.09. The molecule has 0 spiro atoms. The van der Waals surface area contributed by atoms with Gasteiger partial charge >= 0.3 is 0 Å². The second kappa shape index (κ2) is 6.97. The van der Waals surface area contributed by atoms with Gasteiger partial charge in [-0.15, -0.1) is 11.8 Å². The molecular weight excluding hydrogens is 214 g/mol. The lowest BCUT2D eigenvalue weighted by atomic mass is 10.1. The summed E-state index contributed by atoms with van der Waals surface area (Å²) in [7, 11) is 0. The maximum atomic E-state index is 3.66. The quantitative estimate of drug-likeness (QED) is 0.742. The highest BCUT2D eigenvalue weighted by atomic mass is 32.2. The second-order valence-corrected chi connectivity index (χ2v) is 5.05. The number of nitrogens with one attached hydrogen (secondary N) is 1. The summed E-state index contributed by atoms with van der Waals surface area (Å²) in [6, 6.07) is 9.93. The van der Waals surface area contributed by atoms with Crippen molar-refractivity contribution in [3.05, 3.63) is 29.8 Å². The van der Waals surface area contributed by atoms with Gasteiger partial charge in [0.2, 0.25) is 0 Å². The van der Waals surface area contributed by atoms with Crippen LogP contribution < -0.4 is 5.32 Å². The van der Waals surface area contributed by atoms with Crippen LogP contribution in [-0.2, 0) is 0 Å². The van der Waals surface area contributed by atoms with Gasteiger partial charge < -0.3 is 5.32 Å². The molecule has 0 fully saturated rings. The summed E-state index contributed by atoms with van der Waals surface area (Å²) in [6.07, 6.45) is 4.51. The molecular formula is C14H23NS. The Balaban J connectivity index is 2.61. The molecule has 0 saturated heterocycles. The molecule has 2 heteroatoms. The molecule has 1 rings (SSSR count). The molecule has 1 unspecified atom stereocenters. The van der Waals surface area contributed by atoms with Gasteiger partial charge in [0.05, 0.1) is 0 Å². The number of rotatable bonds is 6. The van der Waals surface area contributed by atoms with Gasteiger partial charge in [0.25, 0.3) is 0 Å². The summed E-state index contributed by atoms with van der Waals surface area (Å²) in [4.78, 5) is 1.33. The van der Waals surface area contributed by atoms with Gasteiger partial charge in [-0.2, -0.15) is 0 Å². The maximum absolute atomic E-state index is 3.66. The Bertz CT molecular complexity index is 290. The van der Waals surface area contributed by atoms with Crippen molar-refractivity contribution in [1.82, 2.24) is 5.32 Å². The third kappa shape index (κ3) is 3.84.